The van der Waals surface area contributed by atoms with Crippen LogP contribution in [0.4, 0.5) is 0 Å². The first-order valence-electron chi connectivity index (χ1n) is 10.3. The maximum atomic E-state index is 4.92. The molecular formula is C22H33N5O. The minimum atomic E-state index is 0.593. The topological polar surface area (TPSA) is 56.9 Å². The van der Waals surface area contributed by atoms with Crippen LogP contribution in [0.5, 0.6) is 0 Å². The number of hydrogen-bond donors (Lipinski definition) is 1. The second-order valence-corrected chi connectivity index (χ2v) is 7.73. The third kappa shape index (κ3) is 5.83. The summed E-state index contributed by atoms with van der Waals surface area (Å²) in [6.45, 7) is 10.2. The van der Waals surface area contributed by atoms with Gasteiger partial charge in [0.2, 0.25) is 0 Å². The Morgan fingerprint density at radius 2 is 1.89 bits per heavy atom. The van der Waals surface area contributed by atoms with Gasteiger partial charge >= 0.3 is 0 Å². The first-order chi connectivity index (χ1) is 13.7. The van der Waals surface area contributed by atoms with Gasteiger partial charge in [-0.25, -0.2) is 0 Å². The summed E-state index contributed by atoms with van der Waals surface area (Å²) in [5.74, 6) is 1.60. The lowest BCUT2D eigenvalue weighted by atomic mass is 10.0. The molecule has 2 aromatic rings. The first-order valence-corrected chi connectivity index (χ1v) is 10.3. The summed E-state index contributed by atoms with van der Waals surface area (Å²) in [6.07, 6.45) is 3.83. The van der Waals surface area contributed by atoms with Crippen molar-refractivity contribution in [3.8, 4) is 0 Å². The summed E-state index contributed by atoms with van der Waals surface area (Å²) < 4.78 is 4.92. The first kappa shape index (κ1) is 20.4. The number of nitrogens with zero attached hydrogens (tertiary/aromatic N) is 4. The summed E-state index contributed by atoms with van der Waals surface area (Å²) in [6, 6.07) is 11.0. The van der Waals surface area contributed by atoms with E-state index in [1.165, 1.54) is 11.1 Å². The van der Waals surface area contributed by atoms with E-state index >= 15 is 0 Å². The minimum absolute atomic E-state index is 0.593. The minimum Gasteiger partial charge on any atom is -0.364 e. The third-order valence-electron chi connectivity index (χ3n) is 5.33. The molecule has 1 aliphatic heterocycles. The zero-order valence-corrected chi connectivity index (χ0v) is 17.4. The molecule has 0 amide bonds. The van der Waals surface area contributed by atoms with E-state index < -0.39 is 0 Å². The SMILES string of the molecule is CN=C(NCCCc1ccc(C(C)C)cc1)N1CCN(Cc2ccon2)CC1. The summed E-state index contributed by atoms with van der Waals surface area (Å²) in [4.78, 5) is 9.22. The summed E-state index contributed by atoms with van der Waals surface area (Å²) >= 11 is 0. The van der Waals surface area contributed by atoms with Crippen LogP contribution < -0.4 is 5.32 Å². The summed E-state index contributed by atoms with van der Waals surface area (Å²) in [7, 11) is 1.87. The van der Waals surface area contributed by atoms with E-state index in [-0.39, 0.29) is 0 Å². The molecule has 152 valence electrons. The molecule has 0 aliphatic carbocycles. The normalized spacial score (nSPS) is 16.0. The fourth-order valence-corrected chi connectivity index (χ4v) is 3.56. The average molecular weight is 384 g/mol. The Morgan fingerprint density at radius 1 is 1.14 bits per heavy atom. The molecule has 3 rings (SSSR count). The van der Waals surface area contributed by atoms with Crippen molar-refractivity contribution in [1.29, 1.82) is 0 Å². The highest BCUT2D eigenvalue weighted by Gasteiger charge is 2.20. The van der Waals surface area contributed by atoms with Gasteiger partial charge < -0.3 is 14.7 Å². The molecule has 0 unspecified atom stereocenters. The Balaban J connectivity index is 1.36. The van der Waals surface area contributed by atoms with Crippen LogP contribution in [-0.4, -0.2) is 60.7 Å². The van der Waals surface area contributed by atoms with Gasteiger partial charge in [0.15, 0.2) is 5.96 Å². The number of benzene rings is 1. The molecule has 2 heterocycles. The predicted octanol–water partition coefficient (Wildman–Crippen LogP) is 3.12. The van der Waals surface area contributed by atoms with Crippen LogP contribution in [0.2, 0.25) is 0 Å². The van der Waals surface area contributed by atoms with E-state index in [0.29, 0.717) is 5.92 Å². The second kappa shape index (κ2) is 10.3. The highest BCUT2D eigenvalue weighted by Crippen LogP contribution is 2.15. The van der Waals surface area contributed by atoms with E-state index in [2.05, 4.69) is 63.4 Å². The van der Waals surface area contributed by atoms with Crippen molar-refractivity contribution < 1.29 is 4.52 Å². The zero-order chi connectivity index (χ0) is 19.8. The van der Waals surface area contributed by atoms with Crippen LogP contribution in [0.15, 0.2) is 46.1 Å². The van der Waals surface area contributed by atoms with Crippen molar-refractivity contribution >= 4 is 5.96 Å². The molecule has 1 aromatic heterocycles. The van der Waals surface area contributed by atoms with Crippen molar-refractivity contribution in [3.05, 3.63) is 53.4 Å². The van der Waals surface area contributed by atoms with Gasteiger partial charge in [0.25, 0.3) is 0 Å². The highest BCUT2D eigenvalue weighted by atomic mass is 16.5. The Morgan fingerprint density at radius 3 is 2.50 bits per heavy atom. The van der Waals surface area contributed by atoms with E-state index in [1.807, 2.05) is 13.1 Å². The Hall–Kier alpha value is -2.34. The van der Waals surface area contributed by atoms with Crippen molar-refractivity contribution in [2.24, 2.45) is 4.99 Å². The van der Waals surface area contributed by atoms with E-state index in [0.717, 1.165) is 63.8 Å². The van der Waals surface area contributed by atoms with E-state index in [1.54, 1.807) is 6.26 Å². The number of aromatic nitrogens is 1. The molecule has 1 N–H and O–H groups in total. The van der Waals surface area contributed by atoms with Crippen LogP contribution in [0.3, 0.4) is 0 Å². The van der Waals surface area contributed by atoms with Crippen LogP contribution >= 0.6 is 0 Å². The molecule has 1 aromatic carbocycles. The Labute approximate surface area is 168 Å². The summed E-state index contributed by atoms with van der Waals surface area (Å²) in [5, 5.41) is 7.53. The number of hydrogen-bond acceptors (Lipinski definition) is 4. The van der Waals surface area contributed by atoms with Gasteiger partial charge in [0.05, 0.1) is 5.69 Å². The number of rotatable bonds is 7. The van der Waals surface area contributed by atoms with Crippen LogP contribution in [-0.2, 0) is 13.0 Å². The van der Waals surface area contributed by atoms with Gasteiger partial charge in [-0.2, -0.15) is 0 Å². The summed E-state index contributed by atoms with van der Waals surface area (Å²) in [5.41, 5.74) is 3.81. The van der Waals surface area contributed by atoms with Crippen LogP contribution in [0, 0.1) is 0 Å². The Kier molecular flexibility index (Phi) is 7.48. The maximum absolute atomic E-state index is 4.92. The second-order valence-electron chi connectivity index (χ2n) is 7.73. The Bertz CT molecular complexity index is 716. The molecule has 6 heteroatoms. The maximum Gasteiger partial charge on any atom is 0.193 e. The van der Waals surface area contributed by atoms with Gasteiger partial charge in [-0.05, 0) is 29.9 Å². The lowest BCUT2D eigenvalue weighted by Gasteiger charge is -2.36. The van der Waals surface area contributed by atoms with Crippen molar-refractivity contribution in [2.45, 2.75) is 39.2 Å². The van der Waals surface area contributed by atoms with E-state index in [9.17, 15) is 0 Å². The van der Waals surface area contributed by atoms with Gasteiger partial charge in [-0.1, -0.05) is 43.3 Å². The van der Waals surface area contributed by atoms with Crippen LogP contribution in [0.1, 0.15) is 43.0 Å². The molecule has 0 atom stereocenters. The van der Waals surface area contributed by atoms with Crippen molar-refractivity contribution in [2.75, 3.05) is 39.8 Å². The molecule has 1 fully saturated rings. The van der Waals surface area contributed by atoms with Gasteiger partial charge in [0.1, 0.15) is 6.26 Å². The molecule has 0 radical (unpaired) electrons. The fourth-order valence-electron chi connectivity index (χ4n) is 3.56. The smallest absolute Gasteiger partial charge is 0.193 e. The van der Waals surface area contributed by atoms with Crippen molar-refractivity contribution in [1.82, 2.24) is 20.3 Å². The standard InChI is InChI=1S/C22H33N5O/c1-18(2)20-8-6-19(7-9-20)5-4-11-24-22(23-3)27-14-12-26(13-15-27)17-21-10-16-28-25-21/h6-10,16,18H,4-5,11-15,17H2,1-3H3,(H,23,24). The number of piperazine rings is 1. The fraction of sp³-hybridized carbons (Fsp3) is 0.545. The predicted molar refractivity (Wildman–Crippen MR) is 114 cm³/mol. The monoisotopic (exact) mass is 383 g/mol. The highest BCUT2D eigenvalue weighted by molar-refractivity contribution is 5.79. The van der Waals surface area contributed by atoms with Crippen molar-refractivity contribution in [3.63, 3.8) is 0 Å². The van der Waals surface area contributed by atoms with Gasteiger partial charge in [0, 0.05) is 52.4 Å². The molecule has 1 saturated heterocycles. The number of aryl methyl sites for hydroxylation is 1. The molecule has 0 bridgehead atoms. The molecule has 1 aliphatic rings. The van der Waals surface area contributed by atoms with E-state index in [4.69, 9.17) is 4.52 Å². The largest absolute Gasteiger partial charge is 0.364 e. The zero-order valence-electron chi connectivity index (χ0n) is 17.4. The molecule has 28 heavy (non-hydrogen) atoms. The quantitative estimate of drug-likeness (QED) is 0.452. The van der Waals surface area contributed by atoms with Gasteiger partial charge in [-0.3, -0.25) is 9.89 Å². The molecule has 0 saturated carbocycles. The number of nitrogens with one attached hydrogen (secondary N) is 1. The van der Waals surface area contributed by atoms with Gasteiger partial charge in [-0.15, -0.1) is 0 Å². The third-order valence-corrected chi connectivity index (χ3v) is 5.33. The lowest BCUT2D eigenvalue weighted by molar-refractivity contribution is 0.169. The lowest BCUT2D eigenvalue weighted by Crippen LogP contribution is -2.52. The molecule has 6 nitrogen and oxygen atoms in total. The number of aliphatic imine (C=N–C) groups is 1. The number of guanidine groups is 1. The average Bonchev–Trinajstić information content (AvgIpc) is 3.22. The van der Waals surface area contributed by atoms with Crippen LogP contribution in [0.25, 0.3) is 0 Å². The molecule has 0 spiro atoms. The molecular weight excluding hydrogens is 350 g/mol.